The summed E-state index contributed by atoms with van der Waals surface area (Å²) in [6.07, 6.45) is 3.98. The Morgan fingerprint density at radius 2 is 1.96 bits per heavy atom. The number of rotatable bonds is 7. The van der Waals surface area contributed by atoms with E-state index in [0.29, 0.717) is 30.3 Å². The van der Waals surface area contributed by atoms with E-state index in [2.05, 4.69) is 10.4 Å². The fourth-order valence-corrected chi connectivity index (χ4v) is 2.57. The Kier molecular flexibility index (Phi) is 5.83. The highest BCUT2D eigenvalue weighted by Crippen LogP contribution is 2.24. The molecule has 0 radical (unpaired) electrons. The van der Waals surface area contributed by atoms with Crippen molar-refractivity contribution in [1.82, 2.24) is 9.78 Å². The van der Waals surface area contributed by atoms with E-state index in [1.165, 1.54) is 24.4 Å². The van der Waals surface area contributed by atoms with Crippen molar-refractivity contribution in [3.8, 4) is 11.5 Å². The van der Waals surface area contributed by atoms with Crippen LogP contribution in [-0.4, -0.2) is 22.2 Å². The van der Waals surface area contributed by atoms with Crippen molar-refractivity contribution in [2.45, 2.75) is 19.9 Å². The molecule has 1 heterocycles. The summed E-state index contributed by atoms with van der Waals surface area (Å²) in [6, 6.07) is 11.5. The Bertz CT molecular complexity index is 922. The molecule has 0 aliphatic rings. The predicted octanol–water partition coefficient (Wildman–Crippen LogP) is 3.59. The first-order valence-corrected chi connectivity index (χ1v) is 8.69. The van der Waals surface area contributed by atoms with Crippen LogP contribution in [0.15, 0.2) is 54.9 Å². The van der Waals surface area contributed by atoms with Gasteiger partial charge in [0.2, 0.25) is 0 Å². The molecule has 0 fully saturated rings. The van der Waals surface area contributed by atoms with Crippen LogP contribution in [0.1, 0.15) is 22.8 Å². The third-order valence-electron chi connectivity index (χ3n) is 3.99. The van der Waals surface area contributed by atoms with E-state index in [0.717, 1.165) is 12.0 Å². The molecule has 1 aromatic heterocycles. The summed E-state index contributed by atoms with van der Waals surface area (Å²) in [4.78, 5) is 12.4. The van der Waals surface area contributed by atoms with Crippen LogP contribution < -0.4 is 15.8 Å². The SMILES string of the molecule is CCn1cc(NC(=O)c2cc(Oc3ccc(CCN)cc3)ccc2F)cn1. The molecule has 2 aromatic carbocycles. The first-order valence-electron chi connectivity index (χ1n) is 8.69. The summed E-state index contributed by atoms with van der Waals surface area (Å²) in [5, 5.41) is 6.71. The maximum Gasteiger partial charge on any atom is 0.258 e. The smallest absolute Gasteiger partial charge is 0.258 e. The minimum Gasteiger partial charge on any atom is -0.457 e. The number of halogens is 1. The standard InChI is InChI=1S/C20H21FN4O2/c1-2-25-13-15(12-23-25)24-20(26)18-11-17(7-8-19(18)21)27-16-5-3-14(4-6-16)9-10-22/h3-8,11-13H,2,9-10,22H2,1H3,(H,24,26). The van der Waals surface area contributed by atoms with Crippen molar-refractivity contribution < 1.29 is 13.9 Å². The minimum absolute atomic E-state index is 0.100. The van der Waals surface area contributed by atoms with Crippen LogP contribution >= 0.6 is 0 Å². The molecule has 27 heavy (non-hydrogen) atoms. The zero-order chi connectivity index (χ0) is 19.2. The average Bonchev–Trinajstić information content (AvgIpc) is 3.12. The average molecular weight is 368 g/mol. The first-order chi connectivity index (χ1) is 13.1. The van der Waals surface area contributed by atoms with Gasteiger partial charge in [-0.1, -0.05) is 12.1 Å². The Hall–Kier alpha value is -3.19. The number of hydrogen-bond donors (Lipinski definition) is 2. The van der Waals surface area contributed by atoms with Crippen LogP contribution in [0.5, 0.6) is 11.5 Å². The minimum atomic E-state index is -0.624. The number of aromatic nitrogens is 2. The lowest BCUT2D eigenvalue weighted by molar-refractivity contribution is 0.102. The summed E-state index contributed by atoms with van der Waals surface area (Å²) < 4.78 is 21.5. The summed E-state index contributed by atoms with van der Waals surface area (Å²) in [5.74, 6) is -0.219. The number of carbonyl (C=O) groups excluding carboxylic acids is 1. The number of hydrogen-bond acceptors (Lipinski definition) is 4. The largest absolute Gasteiger partial charge is 0.457 e. The van der Waals surface area contributed by atoms with Gasteiger partial charge in [0.15, 0.2) is 0 Å². The van der Waals surface area contributed by atoms with E-state index in [9.17, 15) is 9.18 Å². The second-order valence-electron chi connectivity index (χ2n) is 5.97. The summed E-state index contributed by atoms with van der Waals surface area (Å²) in [7, 11) is 0. The van der Waals surface area contributed by atoms with Crippen LogP contribution in [0, 0.1) is 5.82 Å². The number of anilines is 1. The molecular formula is C20H21FN4O2. The van der Waals surface area contributed by atoms with Gasteiger partial charge in [0.1, 0.15) is 17.3 Å². The van der Waals surface area contributed by atoms with Crippen molar-refractivity contribution in [3.63, 3.8) is 0 Å². The monoisotopic (exact) mass is 368 g/mol. The lowest BCUT2D eigenvalue weighted by atomic mass is 10.1. The molecule has 1 amide bonds. The van der Waals surface area contributed by atoms with Gasteiger partial charge >= 0.3 is 0 Å². The molecular weight excluding hydrogens is 347 g/mol. The van der Waals surface area contributed by atoms with E-state index in [1.54, 1.807) is 10.9 Å². The summed E-state index contributed by atoms with van der Waals surface area (Å²) in [5.41, 5.74) is 7.05. The lowest BCUT2D eigenvalue weighted by Crippen LogP contribution is -2.13. The molecule has 0 saturated heterocycles. The van der Waals surface area contributed by atoms with E-state index in [4.69, 9.17) is 10.5 Å². The molecule has 0 bridgehead atoms. The molecule has 0 aliphatic heterocycles. The van der Waals surface area contributed by atoms with Crippen LogP contribution in [0.3, 0.4) is 0 Å². The van der Waals surface area contributed by atoms with E-state index < -0.39 is 11.7 Å². The molecule has 3 N–H and O–H groups in total. The van der Waals surface area contributed by atoms with Gasteiger partial charge in [-0.3, -0.25) is 9.48 Å². The van der Waals surface area contributed by atoms with Gasteiger partial charge in [-0.2, -0.15) is 5.10 Å². The third-order valence-corrected chi connectivity index (χ3v) is 3.99. The normalized spacial score (nSPS) is 10.6. The van der Waals surface area contributed by atoms with E-state index >= 15 is 0 Å². The van der Waals surface area contributed by atoms with Crippen LogP contribution in [0.4, 0.5) is 10.1 Å². The van der Waals surface area contributed by atoms with Crippen LogP contribution in [-0.2, 0) is 13.0 Å². The molecule has 0 atom stereocenters. The van der Waals surface area contributed by atoms with E-state index in [1.807, 2.05) is 31.2 Å². The summed E-state index contributed by atoms with van der Waals surface area (Å²) >= 11 is 0. The molecule has 3 rings (SSSR count). The molecule has 140 valence electrons. The van der Waals surface area contributed by atoms with Gasteiger partial charge in [0.05, 0.1) is 17.4 Å². The number of nitrogens with one attached hydrogen (secondary N) is 1. The van der Waals surface area contributed by atoms with Crippen molar-refractivity contribution in [2.24, 2.45) is 5.73 Å². The zero-order valence-corrected chi connectivity index (χ0v) is 15.0. The van der Waals surface area contributed by atoms with Crippen LogP contribution in [0.25, 0.3) is 0 Å². The maximum absolute atomic E-state index is 14.1. The fourth-order valence-electron chi connectivity index (χ4n) is 2.57. The number of aryl methyl sites for hydroxylation is 1. The van der Waals surface area contributed by atoms with Gasteiger partial charge < -0.3 is 15.8 Å². The number of ether oxygens (including phenoxy) is 1. The fraction of sp³-hybridized carbons (Fsp3) is 0.200. The molecule has 0 spiro atoms. The highest BCUT2D eigenvalue weighted by atomic mass is 19.1. The molecule has 0 aliphatic carbocycles. The Balaban J connectivity index is 1.74. The van der Waals surface area contributed by atoms with Gasteiger partial charge in [0.25, 0.3) is 5.91 Å². The Labute approximate surface area is 156 Å². The number of nitrogens with two attached hydrogens (primary N) is 1. The van der Waals surface area contributed by atoms with Crippen LogP contribution in [0.2, 0.25) is 0 Å². The quantitative estimate of drug-likeness (QED) is 0.668. The molecule has 0 unspecified atom stereocenters. The molecule has 7 heteroatoms. The summed E-state index contributed by atoms with van der Waals surface area (Å²) in [6.45, 7) is 3.19. The Morgan fingerprint density at radius 1 is 1.22 bits per heavy atom. The van der Waals surface area contributed by atoms with Crippen molar-refractivity contribution in [1.29, 1.82) is 0 Å². The van der Waals surface area contributed by atoms with Gasteiger partial charge in [-0.15, -0.1) is 0 Å². The second kappa shape index (κ2) is 8.46. The topological polar surface area (TPSA) is 82.2 Å². The maximum atomic E-state index is 14.1. The van der Waals surface area contributed by atoms with Gasteiger partial charge in [-0.25, -0.2) is 4.39 Å². The number of carbonyl (C=O) groups is 1. The molecule has 0 saturated carbocycles. The zero-order valence-electron chi connectivity index (χ0n) is 15.0. The Morgan fingerprint density at radius 3 is 2.63 bits per heavy atom. The highest BCUT2D eigenvalue weighted by molar-refractivity contribution is 6.04. The van der Waals surface area contributed by atoms with Crippen molar-refractivity contribution in [3.05, 3.63) is 71.8 Å². The molecule has 3 aromatic rings. The van der Waals surface area contributed by atoms with Gasteiger partial charge in [-0.05, 0) is 55.8 Å². The number of benzene rings is 2. The lowest BCUT2D eigenvalue weighted by Gasteiger charge is -2.09. The predicted molar refractivity (Wildman–Crippen MR) is 102 cm³/mol. The van der Waals surface area contributed by atoms with E-state index in [-0.39, 0.29) is 5.56 Å². The second-order valence-corrected chi connectivity index (χ2v) is 5.97. The van der Waals surface area contributed by atoms with Crippen molar-refractivity contribution in [2.75, 3.05) is 11.9 Å². The first kappa shape index (κ1) is 18.6. The van der Waals surface area contributed by atoms with Gasteiger partial charge in [0, 0.05) is 12.7 Å². The van der Waals surface area contributed by atoms with Crippen molar-refractivity contribution >= 4 is 11.6 Å². The molecule has 6 nitrogen and oxygen atoms in total. The highest BCUT2D eigenvalue weighted by Gasteiger charge is 2.14. The third kappa shape index (κ3) is 4.71. The number of nitrogens with zero attached hydrogens (tertiary/aromatic N) is 2. The number of amides is 1.